The first kappa shape index (κ1) is 14.1. The van der Waals surface area contributed by atoms with Gasteiger partial charge in [-0.25, -0.2) is 4.98 Å². The van der Waals surface area contributed by atoms with Crippen molar-refractivity contribution in [2.75, 3.05) is 0 Å². The molecule has 0 amide bonds. The van der Waals surface area contributed by atoms with Crippen molar-refractivity contribution in [3.63, 3.8) is 0 Å². The Morgan fingerprint density at radius 2 is 2.05 bits per heavy atom. The third kappa shape index (κ3) is 2.98. The van der Waals surface area contributed by atoms with E-state index in [1.54, 1.807) is 0 Å². The monoisotopic (exact) mass is 259 g/mol. The second kappa shape index (κ2) is 5.74. The highest BCUT2D eigenvalue weighted by Crippen LogP contribution is 2.23. The van der Waals surface area contributed by atoms with Gasteiger partial charge in [-0.05, 0) is 43.4 Å². The van der Waals surface area contributed by atoms with Crippen LogP contribution < -0.4 is 5.73 Å². The van der Waals surface area contributed by atoms with Crippen LogP contribution in [0.25, 0.3) is 11.0 Å². The van der Waals surface area contributed by atoms with E-state index >= 15 is 0 Å². The van der Waals surface area contributed by atoms with Crippen LogP contribution in [-0.2, 0) is 6.54 Å². The summed E-state index contributed by atoms with van der Waals surface area (Å²) in [7, 11) is 0. The number of aromatic nitrogens is 2. The van der Waals surface area contributed by atoms with Gasteiger partial charge in [0.15, 0.2) is 0 Å². The third-order valence-corrected chi connectivity index (χ3v) is 3.63. The topological polar surface area (TPSA) is 43.8 Å². The van der Waals surface area contributed by atoms with Gasteiger partial charge in [-0.1, -0.05) is 26.8 Å². The van der Waals surface area contributed by atoms with Crippen molar-refractivity contribution in [1.82, 2.24) is 9.55 Å². The number of fused-ring (bicyclic) bond motifs is 1. The van der Waals surface area contributed by atoms with Crippen LogP contribution in [-0.4, -0.2) is 9.55 Å². The van der Waals surface area contributed by atoms with Crippen molar-refractivity contribution in [2.45, 2.75) is 53.1 Å². The Morgan fingerprint density at radius 3 is 2.68 bits per heavy atom. The largest absolute Gasteiger partial charge is 0.327 e. The van der Waals surface area contributed by atoms with Gasteiger partial charge in [-0.15, -0.1) is 0 Å². The standard InChI is InChI=1S/C16H25N3/c1-5-13(17)16-18-14-10-12(4)6-7-15(14)19(16)9-8-11(2)3/h6-7,10-11,13H,5,8-9,17H2,1-4H3. The molecule has 104 valence electrons. The first-order chi connectivity index (χ1) is 9.02. The van der Waals surface area contributed by atoms with Crippen LogP contribution >= 0.6 is 0 Å². The lowest BCUT2D eigenvalue weighted by molar-refractivity contribution is 0.496. The Bertz CT molecular complexity index is 554. The summed E-state index contributed by atoms with van der Waals surface area (Å²) in [5.74, 6) is 1.72. The van der Waals surface area contributed by atoms with E-state index in [9.17, 15) is 0 Å². The quantitative estimate of drug-likeness (QED) is 0.887. The molecular formula is C16H25N3. The van der Waals surface area contributed by atoms with E-state index in [0.717, 1.165) is 30.7 Å². The molecule has 0 radical (unpaired) electrons. The molecule has 0 saturated carbocycles. The fraction of sp³-hybridized carbons (Fsp3) is 0.562. The molecule has 3 heteroatoms. The summed E-state index contributed by atoms with van der Waals surface area (Å²) < 4.78 is 2.31. The van der Waals surface area contributed by atoms with Crippen LogP contribution in [0.15, 0.2) is 18.2 Å². The van der Waals surface area contributed by atoms with E-state index in [4.69, 9.17) is 10.7 Å². The van der Waals surface area contributed by atoms with E-state index in [1.165, 1.54) is 11.1 Å². The highest BCUT2D eigenvalue weighted by atomic mass is 15.1. The Morgan fingerprint density at radius 1 is 1.32 bits per heavy atom. The Hall–Kier alpha value is -1.35. The predicted molar refractivity (Wildman–Crippen MR) is 81.1 cm³/mol. The SMILES string of the molecule is CCC(N)c1nc2cc(C)ccc2n1CCC(C)C. The molecule has 0 spiro atoms. The minimum absolute atomic E-state index is 0.0277. The van der Waals surface area contributed by atoms with Crippen LogP contribution in [0.3, 0.4) is 0 Å². The lowest BCUT2D eigenvalue weighted by Crippen LogP contribution is -2.16. The predicted octanol–water partition coefficient (Wildman–Crippen LogP) is 3.80. The first-order valence-corrected chi connectivity index (χ1v) is 7.25. The minimum Gasteiger partial charge on any atom is -0.327 e. The van der Waals surface area contributed by atoms with E-state index in [0.29, 0.717) is 5.92 Å². The van der Waals surface area contributed by atoms with Crippen molar-refractivity contribution in [1.29, 1.82) is 0 Å². The maximum absolute atomic E-state index is 6.22. The van der Waals surface area contributed by atoms with Crippen LogP contribution in [0.2, 0.25) is 0 Å². The molecule has 0 fully saturated rings. The summed E-state index contributed by atoms with van der Waals surface area (Å²) in [4.78, 5) is 4.76. The van der Waals surface area contributed by atoms with E-state index in [-0.39, 0.29) is 6.04 Å². The van der Waals surface area contributed by atoms with Crippen LogP contribution in [0, 0.1) is 12.8 Å². The lowest BCUT2D eigenvalue weighted by atomic mass is 10.1. The normalized spacial score (nSPS) is 13.4. The molecule has 1 unspecified atom stereocenters. The summed E-state index contributed by atoms with van der Waals surface area (Å²) in [6.45, 7) is 9.72. The molecule has 3 nitrogen and oxygen atoms in total. The molecule has 0 aliphatic heterocycles. The summed E-state index contributed by atoms with van der Waals surface area (Å²) in [6, 6.07) is 6.49. The molecule has 2 N–H and O–H groups in total. The second-order valence-electron chi connectivity index (χ2n) is 5.81. The smallest absolute Gasteiger partial charge is 0.126 e. The van der Waals surface area contributed by atoms with Gasteiger partial charge in [0.1, 0.15) is 5.82 Å². The van der Waals surface area contributed by atoms with Gasteiger partial charge in [0.05, 0.1) is 17.1 Å². The molecule has 1 aromatic carbocycles. The number of benzene rings is 1. The molecular weight excluding hydrogens is 234 g/mol. The zero-order valence-electron chi connectivity index (χ0n) is 12.5. The highest BCUT2D eigenvalue weighted by molar-refractivity contribution is 5.77. The Balaban J connectivity index is 2.48. The minimum atomic E-state index is 0.0277. The average Bonchev–Trinajstić information content (AvgIpc) is 2.72. The van der Waals surface area contributed by atoms with Crippen LogP contribution in [0.4, 0.5) is 0 Å². The van der Waals surface area contributed by atoms with Crippen LogP contribution in [0.5, 0.6) is 0 Å². The van der Waals surface area contributed by atoms with Gasteiger partial charge < -0.3 is 10.3 Å². The van der Waals surface area contributed by atoms with Crippen LogP contribution in [0.1, 0.15) is 51.0 Å². The first-order valence-electron chi connectivity index (χ1n) is 7.25. The summed E-state index contributed by atoms with van der Waals surface area (Å²) in [5.41, 5.74) is 9.75. The number of nitrogens with zero attached hydrogens (tertiary/aromatic N) is 2. The lowest BCUT2D eigenvalue weighted by Gasteiger charge is -2.14. The zero-order valence-corrected chi connectivity index (χ0v) is 12.5. The van der Waals surface area contributed by atoms with Crippen molar-refractivity contribution in [3.05, 3.63) is 29.6 Å². The molecule has 0 aliphatic rings. The summed E-state index contributed by atoms with van der Waals surface area (Å²) in [5, 5.41) is 0. The van der Waals surface area contributed by atoms with E-state index in [1.807, 2.05) is 0 Å². The van der Waals surface area contributed by atoms with E-state index in [2.05, 4.69) is 50.5 Å². The number of hydrogen-bond donors (Lipinski definition) is 1. The fourth-order valence-electron chi connectivity index (χ4n) is 2.35. The highest BCUT2D eigenvalue weighted by Gasteiger charge is 2.15. The molecule has 1 aromatic heterocycles. The molecule has 19 heavy (non-hydrogen) atoms. The fourth-order valence-corrected chi connectivity index (χ4v) is 2.35. The van der Waals surface area contributed by atoms with Crippen molar-refractivity contribution in [3.8, 4) is 0 Å². The van der Waals surface area contributed by atoms with Crippen molar-refractivity contribution < 1.29 is 0 Å². The molecule has 1 heterocycles. The number of aryl methyl sites for hydroxylation is 2. The van der Waals surface area contributed by atoms with Gasteiger partial charge in [0, 0.05) is 6.54 Å². The van der Waals surface area contributed by atoms with Gasteiger partial charge >= 0.3 is 0 Å². The number of rotatable bonds is 5. The molecule has 1 atom stereocenters. The number of hydrogen-bond acceptors (Lipinski definition) is 2. The molecule has 0 aliphatic carbocycles. The van der Waals surface area contributed by atoms with E-state index < -0.39 is 0 Å². The molecule has 0 saturated heterocycles. The second-order valence-corrected chi connectivity index (χ2v) is 5.81. The average molecular weight is 259 g/mol. The Labute approximate surface area is 115 Å². The number of nitrogens with two attached hydrogens (primary N) is 1. The summed E-state index contributed by atoms with van der Waals surface area (Å²) in [6.07, 6.45) is 2.08. The summed E-state index contributed by atoms with van der Waals surface area (Å²) >= 11 is 0. The maximum atomic E-state index is 6.22. The maximum Gasteiger partial charge on any atom is 0.126 e. The van der Waals surface area contributed by atoms with Gasteiger partial charge in [-0.3, -0.25) is 0 Å². The van der Waals surface area contributed by atoms with Crippen molar-refractivity contribution in [2.24, 2.45) is 11.7 Å². The van der Waals surface area contributed by atoms with Gasteiger partial charge in [0.2, 0.25) is 0 Å². The zero-order chi connectivity index (χ0) is 14.0. The molecule has 0 bridgehead atoms. The molecule has 2 aromatic rings. The number of imidazole rings is 1. The van der Waals surface area contributed by atoms with Crippen molar-refractivity contribution >= 4 is 11.0 Å². The molecule has 2 rings (SSSR count). The third-order valence-electron chi connectivity index (χ3n) is 3.63. The van der Waals surface area contributed by atoms with Gasteiger partial charge in [0.25, 0.3) is 0 Å². The Kier molecular flexibility index (Phi) is 4.25. The van der Waals surface area contributed by atoms with Gasteiger partial charge in [-0.2, -0.15) is 0 Å².